The van der Waals surface area contributed by atoms with Crippen molar-refractivity contribution in [3.05, 3.63) is 29.6 Å². The van der Waals surface area contributed by atoms with Crippen LogP contribution in [-0.4, -0.2) is 59.6 Å². The molecular weight excluding hydrogens is 327 g/mol. The minimum Gasteiger partial charge on any atom is -0.494 e. The lowest BCUT2D eigenvalue weighted by Gasteiger charge is -2.37. The molecule has 138 valence electrons. The van der Waals surface area contributed by atoms with Gasteiger partial charge in [-0.3, -0.25) is 4.90 Å². The van der Waals surface area contributed by atoms with Crippen LogP contribution in [-0.2, 0) is 0 Å². The fourth-order valence-corrected chi connectivity index (χ4v) is 4.19. The molecule has 3 rings (SSSR count). The van der Waals surface area contributed by atoms with E-state index in [0.29, 0.717) is 13.0 Å². The maximum atomic E-state index is 13.6. The second-order valence-corrected chi connectivity index (χ2v) is 6.98. The third-order valence-electron chi connectivity index (χ3n) is 5.39. The number of carbonyl (C=O) groups is 1. The molecule has 1 aliphatic carbocycles. The zero-order valence-electron chi connectivity index (χ0n) is 14.3. The molecule has 1 saturated carbocycles. The van der Waals surface area contributed by atoms with Crippen molar-refractivity contribution < 1.29 is 24.1 Å². The smallest absolute Gasteiger partial charge is 0.404 e. The summed E-state index contributed by atoms with van der Waals surface area (Å²) in [6, 6.07) is 4.77. The molecule has 2 aliphatic rings. The Labute approximate surface area is 146 Å². The molecule has 3 N–H and O–H groups in total. The number of halogens is 1. The zero-order chi connectivity index (χ0) is 18.0. The first-order valence-electron chi connectivity index (χ1n) is 8.73. The van der Waals surface area contributed by atoms with Gasteiger partial charge in [0.05, 0.1) is 13.2 Å². The number of ether oxygens (including phenoxy) is 1. The van der Waals surface area contributed by atoms with E-state index in [9.17, 15) is 14.3 Å². The molecule has 3 unspecified atom stereocenters. The van der Waals surface area contributed by atoms with Crippen molar-refractivity contribution in [3.8, 4) is 5.75 Å². The largest absolute Gasteiger partial charge is 0.494 e. The van der Waals surface area contributed by atoms with Gasteiger partial charge in [0.1, 0.15) is 0 Å². The summed E-state index contributed by atoms with van der Waals surface area (Å²) in [6.45, 7) is 1.48. The maximum absolute atomic E-state index is 13.6. The van der Waals surface area contributed by atoms with Crippen LogP contribution in [0.1, 0.15) is 37.2 Å². The summed E-state index contributed by atoms with van der Waals surface area (Å²) in [4.78, 5) is 13.1. The van der Waals surface area contributed by atoms with Gasteiger partial charge in [-0.2, -0.15) is 0 Å². The van der Waals surface area contributed by atoms with Crippen LogP contribution in [0.2, 0.25) is 0 Å². The number of benzene rings is 1. The first-order chi connectivity index (χ1) is 12.0. The predicted octanol–water partition coefficient (Wildman–Crippen LogP) is 2.17. The minimum atomic E-state index is -1.00. The number of aliphatic hydroxyl groups excluding tert-OH is 1. The molecule has 0 aromatic heterocycles. The first kappa shape index (κ1) is 17.9. The average molecular weight is 352 g/mol. The monoisotopic (exact) mass is 352 g/mol. The number of carboxylic acid groups (broad SMARTS) is 1. The first-order valence-corrected chi connectivity index (χ1v) is 8.73. The second kappa shape index (κ2) is 7.58. The number of nitrogens with zero attached hydrogens (tertiary/aromatic N) is 1. The van der Waals surface area contributed by atoms with Gasteiger partial charge in [0.25, 0.3) is 0 Å². The van der Waals surface area contributed by atoms with Gasteiger partial charge < -0.3 is 20.3 Å². The van der Waals surface area contributed by atoms with Crippen LogP contribution < -0.4 is 10.1 Å². The lowest BCUT2D eigenvalue weighted by atomic mass is 9.96. The summed E-state index contributed by atoms with van der Waals surface area (Å²) in [5.41, 5.74) is 0.969. The highest BCUT2D eigenvalue weighted by atomic mass is 19.1. The molecule has 0 radical (unpaired) electrons. The van der Waals surface area contributed by atoms with Gasteiger partial charge in [-0.05, 0) is 55.8 Å². The molecule has 1 heterocycles. The van der Waals surface area contributed by atoms with E-state index in [1.54, 1.807) is 12.1 Å². The zero-order valence-corrected chi connectivity index (χ0v) is 14.3. The maximum Gasteiger partial charge on any atom is 0.404 e. The standard InChI is InChI=1S/C18H25FN2O4/c1-25-17-9-11(4-5-14(17)19)12-7-15(16(22)8-12)21-6-2-3-13(10-21)20-18(23)24/h4-5,9,12-13,15-16,20,22H,2-3,6-8,10H2,1H3,(H,23,24)/t12?,13-,15?,16?/m1/s1. The fourth-order valence-electron chi connectivity index (χ4n) is 4.19. The highest BCUT2D eigenvalue weighted by molar-refractivity contribution is 5.64. The highest BCUT2D eigenvalue weighted by Crippen LogP contribution is 2.39. The lowest BCUT2D eigenvalue weighted by Crippen LogP contribution is -2.52. The Kier molecular flexibility index (Phi) is 5.44. The number of hydrogen-bond acceptors (Lipinski definition) is 4. The quantitative estimate of drug-likeness (QED) is 0.774. The van der Waals surface area contributed by atoms with E-state index in [1.807, 2.05) is 0 Å². The molecule has 6 nitrogen and oxygen atoms in total. The molecule has 1 aromatic rings. The van der Waals surface area contributed by atoms with Crippen molar-refractivity contribution in [1.82, 2.24) is 10.2 Å². The van der Waals surface area contributed by atoms with Crippen molar-refractivity contribution in [2.75, 3.05) is 20.2 Å². The van der Waals surface area contributed by atoms with Gasteiger partial charge in [-0.15, -0.1) is 0 Å². The number of piperidine rings is 1. The van der Waals surface area contributed by atoms with Crippen molar-refractivity contribution >= 4 is 6.09 Å². The van der Waals surface area contributed by atoms with Gasteiger partial charge >= 0.3 is 6.09 Å². The average Bonchev–Trinajstić information content (AvgIpc) is 2.97. The van der Waals surface area contributed by atoms with E-state index in [1.165, 1.54) is 13.2 Å². The van der Waals surface area contributed by atoms with Crippen LogP contribution in [0.15, 0.2) is 18.2 Å². The predicted molar refractivity (Wildman–Crippen MR) is 90.5 cm³/mol. The second-order valence-electron chi connectivity index (χ2n) is 6.98. The van der Waals surface area contributed by atoms with Gasteiger partial charge in [0.15, 0.2) is 11.6 Å². The lowest BCUT2D eigenvalue weighted by molar-refractivity contribution is 0.0500. The Bertz CT molecular complexity index is 627. The van der Waals surface area contributed by atoms with E-state index in [0.717, 1.165) is 31.4 Å². The summed E-state index contributed by atoms with van der Waals surface area (Å²) in [5, 5.41) is 22.0. The molecule has 4 atom stereocenters. The number of likely N-dealkylation sites (tertiary alicyclic amines) is 1. The molecular formula is C18H25FN2O4. The molecule has 1 aromatic carbocycles. The highest BCUT2D eigenvalue weighted by Gasteiger charge is 2.39. The van der Waals surface area contributed by atoms with Gasteiger partial charge in [0.2, 0.25) is 0 Å². The number of nitrogens with one attached hydrogen (secondary N) is 1. The molecule has 7 heteroatoms. The number of rotatable bonds is 4. The van der Waals surface area contributed by atoms with Crippen LogP contribution in [0, 0.1) is 5.82 Å². The topological polar surface area (TPSA) is 82.0 Å². The van der Waals surface area contributed by atoms with Gasteiger partial charge in [-0.25, -0.2) is 9.18 Å². The number of hydrogen-bond donors (Lipinski definition) is 3. The van der Waals surface area contributed by atoms with Crippen LogP contribution in [0.5, 0.6) is 5.75 Å². The Hall–Kier alpha value is -1.86. The Morgan fingerprint density at radius 3 is 2.92 bits per heavy atom. The molecule has 0 spiro atoms. The van der Waals surface area contributed by atoms with Crippen molar-refractivity contribution in [2.45, 2.75) is 49.8 Å². The molecule has 25 heavy (non-hydrogen) atoms. The molecule has 1 amide bonds. The van der Waals surface area contributed by atoms with E-state index in [2.05, 4.69) is 10.2 Å². The fraction of sp³-hybridized carbons (Fsp3) is 0.611. The van der Waals surface area contributed by atoms with Crippen molar-refractivity contribution in [3.63, 3.8) is 0 Å². The molecule has 1 aliphatic heterocycles. The SMILES string of the molecule is COc1cc(C2CC(O)C(N3CCC[C@@H](NC(=O)O)C3)C2)ccc1F. The van der Waals surface area contributed by atoms with E-state index < -0.39 is 12.2 Å². The summed E-state index contributed by atoms with van der Waals surface area (Å²) in [5.74, 6) is -0.0265. The Balaban J connectivity index is 1.68. The minimum absolute atomic E-state index is 0.000516. The van der Waals surface area contributed by atoms with E-state index >= 15 is 0 Å². The summed E-state index contributed by atoms with van der Waals surface area (Å²) in [6.07, 6.45) is 1.65. The Morgan fingerprint density at radius 1 is 1.40 bits per heavy atom. The van der Waals surface area contributed by atoms with E-state index in [-0.39, 0.29) is 29.6 Å². The normalized spacial score (nSPS) is 30.2. The van der Waals surface area contributed by atoms with Crippen molar-refractivity contribution in [1.29, 1.82) is 0 Å². The number of aliphatic hydroxyl groups is 1. The van der Waals surface area contributed by atoms with Crippen LogP contribution in [0.25, 0.3) is 0 Å². The summed E-state index contributed by atoms with van der Waals surface area (Å²) in [7, 11) is 1.44. The van der Waals surface area contributed by atoms with Crippen LogP contribution >= 0.6 is 0 Å². The third kappa shape index (κ3) is 4.04. The number of methoxy groups -OCH3 is 1. The number of amides is 1. The molecule has 2 fully saturated rings. The van der Waals surface area contributed by atoms with Gasteiger partial charge in [0, 0.05) is 18.6 Å². The summed E-state index contributed by atoms with van der Waals surface area (Å²) < 4.78 is 18.7. The van der Waals surface area contributed by atoms with Crippen molar-refractivity contribution in [2.24, 2.45) is 0 Å². The van der Waals surface area contributed by atoms with Crippen LogP contribution in [0.4, 0.5) is 9.18 Å². The Morgan fingerprint density at radius 2 is 2.20 bits per heavy atom. The molecule has 1 saturated heterocycles. The van der Waals surface area contributed by atoms with Gasteiger partial charge in [-0.1, -0.05) is 6.07 Å². The third-order valence-corrected chi connectivity index (χ3v) is 5.39. The summed E-state index contributed by atoms with van der Waals surface area (Å²) >= 11 is 0. The van der Waals surface area contributed by atoms with Crippen LogP contribution in [0.3, 0.4) is 0 Å². The van der Waals surface area contributed by atoms with E-state index in [4.69, 9.17) is 9.84 Å². The molecule has 0 bridgehead atoms.